The smallest absolute Gasteiger partial charge is 0.243 e. The maximum atomic E-state index is 13.1. The number of rotatable bonds is 7. The Balaban J connectivity index is 1.36. The molecule has 1 atom stereocenters. The van der Waals surface area contributed by atoms with Crippen molar-refractivity contribution in [2.45, 2.75) is 63.6 Å². The van der Waals surface area contributed by atoms with E-state index in [1.807, 2.05) is 6.07 Å². The number of ether oxygens (including phenoxy) is 1. The van der Waals surface area contributed by atoms with Gasteiger partial charge in [-0.1, -0.05) is 18.2 Å². The highest BCUT2D eigenvalue weighted by Gasteiger charge is 2.27. The van der Waals surface area contributed by atoms with Crippen molar-refractivity contribution < 1.29 is 13.2 Å². The van der Waals surface area contributed by atoms with Gasteiger partial charge in [-0.15, -0.1) is 0 Å². The lowest BCUT2D eigenvalue weighted by atomic mass is 9.89. The predicted octanol–water partition coefficient (Wildman–Crippen LogP) is 3.81. The Labute approximate surface area is 202 Å². The summed E-state index contributed by atoms with van der Waals surface area (Å²) < 4.78 is 35.1. The second-order valence-electron chi connectivity index (χ2n) is 9.28. The van der Waals surface area contributed by atoms with Crippen LogP contribution in [-0.4, -0.2) is 48.6 Å². The van der Waals surface area contributed by atoms with Crippen LogP contribution in [0.25, 0.3) is 11.0 Å². The number of nitrogens with zero attached hydrogens (tertiary/aromatic N) is 3. The summed E-state index contributed by atoms with van der Waals surface area (Å²) in [6.45, 7) is 7.32. The fourth-order valence-corrected chi connectivity index (χ4v) is 6.56. The van der Waals surface area contributed by atoms with Gasteiger partial charge in [0, 0.05) is 25.7 Å². The van der Waals surface area contributed by atoms with Crippen LogP contribution in [0.15, 0.2) is 41.3 Å². The quantitative estimate of drug-likeness (QED) is 0.554. The van der Waals surface area contributed by atoms with E-state index in [2.05, 4.69) is 41.9 Å². The minimum absolute atomic E-state index is 0.203. The maximum Gasteiger partial charge on any atom is 0.243 e. The summed E-state index contributed by atoms with van der Waals surface area (Å²) in [5, 5.41) is 3.63. The molecule has 3 aromatic rings. The lowest BCUT2D eigenvalue weighted by molar-refractivity contribution is 0.0730. The second-order valence-corrected chi connectivity index (χ2v) is 11.2. The first-order valence-corrected chi connectivity index (χ1v) is 13.8. The molecule has 0 saturated carbocycles. The standard InChI is InChI=1S/C26H34N4O3S/c1-3-30-25-11-10-23(34(31,32)29-12-14-33-15-13-29)17-24(25)28-26(30)18-27-19(2)21-9-8-20-6-4-5-7-22(20)16-21/h8-11,16-17,19,27H,3-7,12-15,18H2,1-2H3. The summed E-state index contributed by atoms with van der Waals surface area (Å²) in [7, 11) is -3.54. The first kappa shape index (κ1) is 23.5. The van der Waals surface area contributed by atoms with Crippen LogP contribution in [0.3, 0.4) is 0 Å². The molecule has 7 nitrogen and oxygen atoms in total. The van der Waals surface area contributed by atoms with E-state index in [9.17, 15) is 8.42 Å². The zero-order chi connectivity index (χ0) is 23.7. The minimum atomic E-state index is -3.54. The number of benzene rings is 2. The lowest BCUT2D eigenvalue weighted by Gasteiger charge is -2.26. The molecule has 2 heterocycles. The van der Waals surface area contributed by atoms with Crippen molar-refractivity contribution in [3.05, 3.63) is 58.9 Å². The molecule has 2 aliphatic rings. The highest BCUT2D eigenvalue weighted by Crippen LogP contribution is 2.26. The molecule has 1 aromatic heterocycles. The lowest BCUT2D eigenvalue weighted by Crippen LogP contribution is -2.40. The molecule has 8 heteroatoms. The average Bonchev–Trinajstić information content (AvgIpc) is 3.24. The number of hydrogen-bond donors (Lipinski definition) is 1. The number of aryl methyl sites for hydroxylation is 3. The molecule has 1 fully saturated rings. The van der Waals surface area contributed by atoms with Crippen molar-refractivity contribution >= 4 is 21.1 Å². The van der Waals surface area contributed by atoms with Gasteiger partial charge in [-0.3, -0.25) is 0 Å². The first-order valence-electron chi connectivity index (χ1n) is 12.4. The molecular weight excluding hydrogens is 448 g/mol. The van der Waals surface area contributed by atoms with Crippen LogP contribution in [-0.2, 0) is 40.7 Å². The Bertz CT molecular complexity index is 1280. The van der Waals surface area contributed by atoms with Crippen LogP contribution >= 0.6 is 0 Å². The van der Waals surface area contributed by atoms with Gasteiger partial charge in [0.15, 0.2) is 0 Å². The van der Waals surface area contributed by atoms with Crippen LogP contribution in [0, 0.1) is 0 Å². The molecule has 1 N–H and O–H groups in total. The summed E-state index contributed by atoms with van der Waals surface area (Å²) in [4.78, 5) is 5.13. The summed E-state index contributed by atoms with van der Waals surface area (Å²) in [6.07, 6.45) is 4.95. The van der Waals surface area contributed by atoms with Gasteiger partial charge in [0.2, 0.25) is 10.0 Å². The highest BCUT2D eigenvalue weighted by atomic mass is 32.2. The van der Waals surface area contributed by atoms with E-state index in [0.29, 0.717) is 37.7 Å². The van der Waals surface area contributed by atoms with Gasteiger partial charge in [0.25, 0.3) is 0 Å². The Morgan fingerprint density at radius 2 is 1.82 bits per heavy atom. The van der Waals surface area contributed by atoms with Crippen molar-refractivity contribution in [1.82, 2.24) is 19.2 Å². The monoisotopic (exact) mass is 482 g/mol. The summed E-state index contributed by atoms with van der Waals surface area (Å²) in [6, 6.07) is 12.4. The Morgan fingerprint density at radius 3 is 2.59 bits per heavy atom. The molecule has 1 aliphatic carbocycles. The van der Waals surface area contributed by atoms with E-state index in [1.165, 1.54) is 46.7 Å². The van der Waals surface area contributed by atoms with Crippen LogP contribution in [0.1, 0.15) is 55.2 Å². The molecule has 0 radical (unpaired) electrons. The van der Waals surface area contributed by atoms with E-state index < -0.39 is 10.0 Å². The van der Waals surface area contributed by atoms with E-state index in [1.54, 1.807) is 12.1 Å². The van der Waals surface area contributed by atoms with Gasteiger partial charge in [-0.25, -0.2) is 13.4 Å². The Kier molecular flexibility index (Phi) is 6.75. The van der Waals surface area contributed by atoms with Gasteiger partial charge in [-0.2, -0.15) is 4.31 Å². The first-order chi connectivity index (χ1) is 16.5. The van der Waals surface area contributed by atoms with E-state index >= 15 is 0 Å². The van der Waals surface area contributed by atoms with Gasteiger partial charge >= 0.3 is 0 Å². The maximum absolute atomic E-state index is 13.1. The zero-order valence-corrected chi connectivity index (χ0v) is 20.9. The molecule has 34 heavy (non-hydrogen) atoms. The predicted molar refractivity (Wildman–Crippen MR) is 133 cm³/mol. The fraction of sp³-hybridized carbons (Fsp3) is 0.500. The number of fused-ring (bicyclic) bond motifs is 2. The topological polar surface area (TPSA) is 76.5 Å². The van der Waals surface area contributed by atoms with Crippen molar-refractivity contribution in [2.24, 2.45) is 0 Å². The fourth-order valence-electron chi connectivity index (χ4n) is 5.13. The number of sulfonamides is 1. The molecule has 1 aliphatic heterocycles. The zero-order valence-electron chi connectivity index (χ0n) is 20.1. The van der Waals surface area contributed by atoms with Gasteiger partial charge < -0.3 is 14.6 Å². The normalized spacial score (nSPS) is 18.2. The molecule has 1 saturated heterocycles. The molecule has 2 aromatic carbocycles. The van der Waals surface area contributed by atoms with Gasteiger partial charge in [-0.05, 0) is 74.4 Å². The molecule has 0 amide bonds. The largest absolute Gasteiger partial charge is 0.379 e. The highest BCUT2D eigenvalue weighted by molar-refractivity contribution is 7.89. The number of imidazole rings is 1. The van der Waals surface area contributed by atoms with Gasteiger partial charge in [0.1, 0.15) is 5.82 Å². The third-order valence-electron chi connectivity index (χ3n) is 7.16. The molecule has 1 unspecified atom stereocenters. The summed E-state index contributed by atoms with van der Waals surface area (Å²) >= 11 is 0. The van der Waals surface area contributed by atoms with Crippen molar-refractivity contribution in [2.75, 3.05) is 26.3 Å². The third kappa shape index (κ3) is 4.52. The molecule has 0 spiro atoms. The van der Waals surface area contributed by atoms with Crippen molar-refractivity contribution in [3.63, 3.8) is 0 Å². The number of aromatic nitrogens is 2. The molecular formula is C26H34N4O3S. The third-order valence-corrected chi connectivity index (χ3v) is 9.06. The Morgan fingerprint density at radius 1 is 1.06 bits per heavy atom. The van der Waals surface area contributed by atoms with Crippen molar-refractivity contribution in [1.29, 1.82) is 0 Å². The van der Waals surface area contributed by atoms with Gasteiger partial charge in [0.05, 0.1) is 35.7 Å². The van der Waals surface area contributed by atoms with E-state index in [-0.39, 0.29) is 6.04 Å². The van der Waals surface area contributed by atoms with Crippen LogP contribution in [0.4, 0.5) is 0 Å². The summed E-state index contributed by atoms with van der Waals surface area (Å²) in [5.41, 5.74) is 5.97. The van der Waals surface area contributed by atoms with Crippen LogP contribution < -0.4 is 5.32 Å². The van der Waals surface area contributed by atoms with Crippen LogP contribution in [0.2, 0.25) is 0 Å². The molecule has 182 valence electrons. The van der Waals surface area contributed by atoms with Crippen molar-refractivity contribution in [3.8, 4) is 0 Å². The molecule has 5 rings (SSSR count). The minimum Gasteiger partial charge on any atom is -0.379 e. The second kappa shape index (κ2) is 9.77. The van der Waals surface area contributed by atoms with E-state index in [4.69, 9.17) is 9.72 Å². The summed E-state index contributed by atoms with van der Waals surface area (Å²) in [5.74, 6) is 0.920. The Hall–Kier alpha value is -2.26. The average molecular weight is 483 g/mol. The van der Waals surface area contributed by atoms with Crippen LogP contribution in [0.5, 0.6) is 0 Å². The van der Waals surface area contributed by atoms with E-state index in [0.717, 1.165) is 23.4 Å². The number of hydrogen-bond acceptors (Lipinski definition) is 5. The number of nitrogens with one attached hydrogen (secondary N) is 1. The SMILES string of the molecule is CCn1c(CNC(C)c2ccc3c(c2)CCCC3)nc2cc(S(=O)(=O)N3CCOCC3)ccc21. The molecule has 0 bridgehead atoms. The number of morpholine rings is 1.